The fourth-order valence-corrected chi connectivity index (χ4v) is 3.40. The molecule has 3 heterocycles. The topological polar surface area (TPSA) is 30.7 Å². The molecule has 0 N–H and O–H groups in total. The van der Waals surface area contributed by atoms with Crippen molar-refractivity contribution in [1.29, 1.82) is 0 Å². The highest BCUT2D eigenvalue weighted by atomic mass is 32.1. The fraction of sp³-hybridized carbons (Fsp3) is 0.0588. The predicted molar refractivity (Wildman–Crippen MR) is 87.3 cm³/mol. The second kappa shape index (κ2) is 4.82. The maximum Gasteiger partial charge on any atom is 0.0825 e. The van der Waals surface area contributed by atoms with Crippen molar-refractivity contribution in [2.75, 3.05) is 0 Å². The predicted octanol–water partition coefficient (Wildman–Crippen LogP) is 4.36. The average Bonchev–Trinajstić information content (AvgIpc) is 3.15. The van der Waals surface area contributed by atoms with Crippen LogP contribution in [0.25, 0.3) is 32.6 Å². The van der Waals surface area contributed by atoms with Crippen LogP contribution in [-0.2, 0) is 7.05 Å². The molecular formula is C17H13N3S. The maximum absolute atomic E-state index is 4.49. The third-order valence-corrected chi connectivity index (χ3v) is 4.52. The van der Waals surface area contributed by atoms with E-state index in [-0.39, 0.29) is 0 Å². The van der Waals surface area contributed by atoms with Crippen molar-refractivity contribution in [3.63, 3.8) is 0 Å². The van der Waals surface area contributed by atoms with E-state index >= 15 is 0 Å². The molecule has 3 nitrogen and oxygen atoms in total. The number of rotatable bonds is 2. The Balaban J connectivity index is 2.02. The number of thiazole rings is 1. The average molecular weight is 291 g/mol. The number of hydrogen-bond acceptors (Lipinski definition) is 3. The molecule has 4 heteroatoms. The van der Waals surface area contributed by atoms with Gasteiger partial charge in [0.2, 0.25) is 0 Å². The summed E-state index contributed by atoms with van der Waals surface area (Å²) in [7, 11) is 2.07. The van der Waals surface area contributed by atoms with Crippen LogP contribution in [0.3, 0.4) is 0 Å². The van der Waals surface area contributed by atoms with Gasteiger partial charge in [-0.15, -0.1) is 11.3 Å². The zero-order chi connectivity index (χ0) is 14.2. The molecular weight excluding hydrogens is 278 g/mol. The van der Waals surface area contributed by atoms with Crippen LogP contribution in [0.1, 0.15) is 0 Å². The molecule has 3 aromatic heterocycles. The number of aryl methyl sites for hydroxylation is 1. The monoisotopic (exact) mass is 291 g/mol. The molecule has 0 bridgehead atoms. The van der Waals surface area contributed by atoms with E-state index in [2.05, 4.69) is 58.1 Å². The van der Waals surface area contributed by atoms with E-state index < -0.39 is 0 Å². The maximum atomic E-state index is 4.49. The smallest absolute Gasteiger partial charge is 0.0825 e. The van der Waals surface area contributed by atoms with Gasteiger partial charge in [0.05, 0.1) is 15.7 Å². The third kappa shape index (κ3) is 2.04. The molecule has 0 atom stereocenters. The van der Waals surface area contributed by atoms with E-state index in [4.69, 9.17) is 0 Å². The van der Waals surface area contributed by atoms with Crippen molar-refractivity contribution in [1.82, 2.24) is 14.5 Å². The van der Waals surface area contributed by atoms with E-state index in [1.54, 1.807) is 17.5 Å². The lowest BCUT2D eigenvalue weighted by Crippen LogP contribution is -1.90. The molecule has 0 fully saturated rings. The molecule has 0 aliphatic rings. The number of benzene rings is 1. The first kappa shape index (κ1) is 12.3. The van der Waals surface area contributed by atoms with Crippen LogP contribution in [0, 0.1) is 0 Å². The van der Waals surface area contributed by atoms with E-state index in [9.17, 15) is 0 Å². The van der Waals surface area contributed by atoms with Crippen molar-refractivity contribution in [2.24, 2.45) is 7.05 Å². The summed E-state index contributed by atoms with van der Waals surface area (Å²) < 4.78 is 3.37. The molecule has 102 valence electrons. The van der Waals surface area contributed by atoms with Crippen LogP contribution in [-0.4, -0.2) is 14.5 Å². The van der Waals surface area contributed by atoms with E-state index in [1.165, 1.54) is 16.0 Å². The van der Waals surface area contributed by atoms with Gasteiger partial charge in [-0.05, 0) is 35.9 Å². The normalized spacial score (nSPS) is 11.1. The molecule has 0 radical (unpaired) electrons. The highest BCUT2D eigenvalue weighted by Crippen LogP contribution is 2.35. The molecule has 4 rings (SSSR count). The van der Waals surface area contributed by atoms with E-state index in [0.717, 1.165) is 16.6 Å². The van der Waals surface area contributed by atoms with Crippen molar-refractivity contribution in [3.8, 4) is 22.4 Å². The number of hydrogen-bond donors (Lipinski definition) is 0. The Morgan fingerprint density at radius 1 is 1.10 bits per heavy atom. The molecule has 4 aromatic rings. The van der Waals surface area contributed by atoms with Crippen LogP contribution in [0.4, 0.5) is 0 Å². The molecule has 0 aliphatic heterocycles. The summed E-state index contributed by atoms with van der Waals surface area (Å²) in [6.45, 7) is 0. The van der Waals surface area contributed by atoms with Gasteiger partial charge >= 0.3 is 0 Å². The number of aromatic nitrogens is 3. The van der Waals surface area contributed by atoms with Gasteiger partial charge in [-0.1, -0.05) is 6.07 Å². The van der Waals surface area contributed by atoms with Crippen molar-refractivity contribution < 1.29 is 0 Å². The van der Waals surface area contributed by atoms with Crippen LogP contribution < -0.4 is 0 Å². The quantitative estimate of drug-likeness (QED) is 0.549. The van der Waals surface area contributed by atoms with Crippen molar-refractivity contribution >= 4 is 21.6 Å². The highest BCUT2D eigenvalue weighted by Gasteiger charge is 2.12. The standard InChI is InChI=1S/C17H13N3S/c1-20-7-3-5-16(20)14-8-13(12-4-2-6-18-10-12)9-15-17(14)21-11-19-15/h2-11H,1H3. The highest BCUT2D eigenvalue weighted by molar-refractivity contribution is 7.17. The van der Waals surface area contributed by atoms with Gasteiger partial charge in [-0.25, -0.2) is 4.98 Å². The zero-order valence-electron chi connectivity index (χ0n) is 11.5. The Hall–Kier alpha value is -2.46. The Kier molecular flexibility index (Phi) is 2.82. The summed E-state index contributed by atoms with van der Waals surface area (Å²) in [4.78, 5) is 8.71. The molecule has 0 aliphatic carbocycles. The van der Waals surface area contributed by atoms with Gasteiger partial charge in [0.15, 0.2) is 0 Å². The summed E-state index contributed by atoms with van der Waals surface area (Å²) in [5, 5.41) is 0. The lowest BCUT2D eigenvalue weighted by atomic mass is 10.0. The fourth-order valence-electron chi connectivity index (χ4n) is 2.60. The summed E-state index contributed by atoms with van der Waals surface area (Å²) in [5.41, 5.74) is 7.64. The van der Waals surface area contributed by atoms with Crippen LogP contribution in [0.2, 0.25) is 0 Å². The first-order chi connectivity index (χ1) is 10.3. The van der Waals surface area contributed by atoms with Crippen molar-refractivity contribution in [2.45, 2.75) is 0 Å². The van der Waals surface area contributed by atoms with E-state index in [0.29, 0.717) is 0 Å². The Morgan fingerprint density at radius 3 is 2.81 bits per heavy atom. The second-order valence-electron chi connectivity index (χ2n) is 4.97. The Bertz CT molecular complexity index is 906. The van der Waals surface area contributed by atoms with Crippen LogP contribution >= 0.6 is 11.3 Å². The number of fused-ring (bicyclic) bond motifs is 1. The third-order valence-electron chi connectivity index (χ3n) is 3.65. The van der Waals surface area contributed by atoms with Crippen LogP contribution in [0.15, 0.2) is 60.5 Å². The van der Waals surface area contributed by atoms with Gasteiger partial charge in [-0.2, -0.15) is 0 Å². The SMILES string of the molecule is Cn1cccc1-c1cc(-c2cccnc2)cc2ncsc12. The summed E-state index contributed by atoms with van der Waals surface area (Å²) in [6, 6.07) is 12.6. The van der Waals surface area contributed by atoms with Gasteiger partial charge in [-0.3, -0.25) is 4.98 Å². The minimum absolute atomic E-state index is 1.04. The first-order valence-corrected chi connectivity index (χ1v) is 7.60. The minimum Gasteiger partial charge on any atom is -0.351 e. The van der Waals surface area contributed by atoms with Gasteiger partial charge < -0.3 is 4.57 Å². The van der Waals surface area contributed by atoms with E-state index in [1.807, 2.05) is 17.8 Å². The Labute approximate surface area is 126 Å². The lowest BCUT2D eigenvalue weighted by molar-refractivity contribution is 0.938. The summed E-state index contributed by atoms with van der Waals surface area (Å²) in [5.74, 6) is 0. The molecule has 0 saturated carbocycles. The second-order valence-corrected chi connectivity index (χ2v) is 5.83. The zero-order valence-corrected chi connectivity index (χ0v) is 12.3. The molecule has 0 unspecified atom stereocenters. The largest absolute Gasteiger partial charge is 0.351 e. The van der Waals surface area contributed by atoms with Crippen molar-refractivity contribution in [3.05, 3.63) is 60.5 Å². The number of pyridine rings is 1. The van der Waals surface area contributed by atoms with Crippen LogP contribution in [0.5, 0.6) is 0 Å². The van der Waals surface area contributed by atoms with Gasteiger partial charge in [0.1, 0.15) is 0 Å². The molecule has 1 aromatic carbocycles. The summed E-state index contributed by atoms with van der Waals surface area (Å²) >= 11 is 1.68. The van der Waals surface area contributed by atoms with Gasteiger partial charge in [0.25, 0.3) is 0 Å². The molecule has 21 heavy (non-hydrogen) atoms. The molecule has 0 saturated heterocycles. The summed E-state index contributed by atoms with van der Waals surface area (Å²) in [6.07, 6.45) is 5.75. The molecule has 0 spiro atoms. The first-order valence-electron chi connectivity index (χ1n) is 6.72. The lowest BCUT2D eigenvalue weighted by Gasteiger charge is -2.08. The minimum atomic E-state index is 1.04. The molecule has 0 amide bonds. The number of nitrogens with zero attached hydrogens (tertiary/aromatic N) is 3. The van der Waals surface area contributed by atoms with Gasteiger partial charge in [0, 0.05) is 42.5 Å². The Morgan fingerprint density at radius 2 is 2.05 bits per heavy atom.